The first-order chi connectivity index (χ1) is 9.16. The Hall–Kier alpha value is -1.81. The van der Waals surface area contributed by atoms with Crippen molar-refractivity contribution in [2.75, 3.05) is 7.05 Å². The first-order valence-corrected chi connectivity index (χ1v) is 7.07. The van der Waals surface area contributed by atoms with Crippen molar-refractivity contribution < 1.29 is 9.53 Å². The highest BCUT2D eigenvalue weighted by molar-refractivity contribution is 7.09. The van der Waals surface area contributed by atoms with Gasteiger partial charge < -0.3 is 9.64 Å². The van der Waals surface area contributed by atoms with Crippen molar-refractivity contribution in [3.63, 3.8) is 0 Å². The van der Waals surface area contributed by atoms with Crippen LogP contribution >= 0.6 is 11.3 Å². The van der Waals surface area contributed by atoms with Gasteiger partial charge in [-0.1, -0.05) is 24.3 Å². The van der Waals surface area contributed by atoms with Gasteiger partial charge in [0.1, 0.15) is 5.75 Å². The molecular formula is C15H17NO2S. The normalized spacial score (nSPS) is 11.9. The summed E-state index contributed by atoms with van der Waals surface area (Å²) in [6, 6.07) is 13.3. The lowest BCUT2D eigenvalue weighted by atomic mass is 10.2. The van der Waals surface area contributed by atoms with Gasteiger partial charge in [-0.15, -0.1) is 11.3 Å². The lowest BCUT2D eigenvalue weighted by Gasteiger charge is -2.23. The van der Waals surface area contributed by atoms with Crippen molar-refractivity contribution in [1.82, 2.24) is 4.90 Å². The van der Waals surface area contributed by atoms with Crippen molar-refractivity contribution in [1.29, 1.82) is 0 Å². The summed E-state index contributed by atoms with van der Waals surface area (Å²) < 4.78 is 5.31. The van der Waals surface area contributed by atoms with E-state index in [0.717, 1.165) is 6.42 Å². The van der Waals surface area contributed by atoms with Crippen LogP contribution in [0.5, 0.6) is 5.75 Å². The van der Waals surface area contributed by atoms with E-state index in [1.165, 1.54) is 4.88 Å². The van der Waals surface area contributed by atoms with Gasteiger partial charge in [0, 0.05) is 24.4 Å². The van der Waals surface area contributed by atoms with E-state index in [9.17, 15) is 4.79 Å². The van der Waals surface area contributed by atoms with Crippen molar-refractivity contribution in [3.05, 3.63) is 52.7 Å². The van der Waals surface area contributed by atoms with Crippen LogP contribution in [0.2, 0.25) is 0 Å². The minimum absolute atomic E-state index is 0.106. The molecule has 0 aliphatic rings. The summed E-state index contributed by atoms with van der Waals surface area (Å²) in [5.41, 5.74) is 0. The number of rotatable bonds is 4. The topological polar surface area (TPSA) is 29.5 Å². The van der Waals surface area contributed by atoms with Crippen LogP contribution in [0.15, 0.2) is 47.8 Å². The molecule has 4 heteroatoms. The van der Waals surface area contributed by atoms with Crippen molar-refractivity contribution in [2.45, 2.75) is 19.4 Å². The van der Waals surface area contributed by atoms with E-state index in [1.54, 1.807) is 35.4 Å². The first-order valence-electron chi connectivity index (χ1n) is 6.19. The van der Waals surface area contributed by atoms with Gasteiger partial charge in [-0.05, 0) is 30.5 Å². The van der Waals surface area contributed by atoms with E-state index >= 15 is 0 Å². The Morgan fingerprint density at radius 1 is 1.26 bits per heavy atom. The molecule has 100 valence electrons. The van der Waals surface area contributed by atoms with Gasteiger partial charge >= 0.3 is 6.09 Å². The molecule has 0 aliphatic heterocycles. The van der Waals surface area contributed by atoms with E-state index in [2.05, 4.69) is 6.07 Å². The van der Waals surface area contributed by atoms with E-state index < -0.39 is 0 Å². The predicted octanol–water partition coefficient (Wildman–Crippen LogP) is 3.81. The average molecular weight is 275 g/mol. The molecule has 1 unspecified atom stereocenters. The maximum absolute atomic E-state index is 12.0. The standard InChI is InChI=1S/C15H17NO2S/c1-12(11-14-9-6-10-19-14)16(2)15(17)18-13-7-4-3-5-8-13/h3-10,12H,11H2,1-2H3. The number of benzene rings is 1. The number of para-hydroxylation sites is 1. The number of carbonyl (C=O) groups is 1. The maximum atomic E-state index is 12.0. The molecule has 1 atom stereocenters. The Morgan fingerprint density at radius 2 is 2.00 bits per heavy atom. The molecule has 0 aliphatic carbocycles. The molecule has 1 aromatic carbocycles. The number of ether oxygens (including phenoxy) is 1. The molecule has 2 rings (SSSR count). The number of likely N-dealkylation sites (N-methyl/N-ethyl adjacent to an activating group) is 1. The molecular weight excluding hydrogens is 258 g/mol. The minimum atomic E-state index is -0.324. The van der Waals surface area contributed by atoms with E-state index in [4.69, 9.17) is 4.74 Å². The number of amides is 1. The molecule has 1 aromatic heterocycles. The number of hydrogen-bond donors (Lipinski definition) is 0. The van der Waals surface area contributed by atoms with Crippen LogP contribution in [0.25, 0.3) is 0 Å². The number of carbonyl (C=O) groups excluding carboxylic acids is 1. The Balaban J connectivity index is 1.91. The van der Waals surface area contributed by atoms with Gasteiger partial charge in [0.05, 0.1) is 0 Å². The zero-order valence-corrected chi connectivity index (χ0v) is 11.9. The highest BCUT2D eigenvalue weighted by Crippen LogP contribution is 2.15. The largest absolute Gasteiger partial charge is 0.415 e. The lowest BCUT2D eigenvalue weighted by molar-refractivity contribution is 0.148. The molecule has 0 spiro atoms. The average Bonchev–Trinajstić information content (AvgIpc) is 2.91. The zero-order valence-electron chi connectivity index (χ0n) is 11.1. The third kappa shape index (κ3) is 3.83. The van der Waals surface area contributed by atoms with E-state index in [0.29, 0.717) is 5.75 Å². The fourth-order valence-electron chi connectivity index (χ4n) is 1.70. The molecule has 1 amide bonds. The summed E-state index contributed by atoms with van der Waals surface area (Å²) >= 11 is 1.71. The van der Waals surface area contributed by atoms with Crippen LogP contribution in [0.1, 0.15) is 11.8 Å². The molecule has 3 nitrogen and oxygen atoms in total. The Labute approximate surface area is 117 Å². The van der Waals surface area contributed by atoms with Gasteiger partial charge in [0.2, 0.25) is 0 Å². The maximum Gasteiger partial charge on any atom is 0.415 e. The molecule has 0 radical (unpaired) electrons. The fraction of sp³-hybridized carbons (Fsp3) is 0.267. The second kappa shape index (κ2) is 6.38. The lowest BCUT2D eigenvalue weighted by Crippen LogP contribution is -2.38. The molecule has 0 fully saturated rings. The molecule has 0 N–H and O–H groups in total. The third-order valence-electron chi connectivity index (χ3n) is 2.97. The second-order valence-electron chi connectivity index (χ2n) is 4.42. The van der Waals surface area contributed by atoms with Gasteiger partial charge in [-0.2, -0.15) is 0 Å². The van der Waals surface area contributed by atoms with Crippen LogP contribution in [0, 0.1) is 0 Å². The van der Waals surface area contributed by atoms with Crippen molar-refractivity contribution in [3.8, 4) is 5.75 Å². The predicted molar refractivity (Wildman–Crippen MR) is 77.7 cm³/mol. The van der Waals surface area contributed by atoms with Crippen LogP contribution in [0.4, 0.5) is 4.79 Å². The third-order valence-corrected chi connectivity index (χ3v) is 3.87. The molecule has 19 heavy (non-hydrogen) atoms. The highest BCUT2D eigenvalue weighted by atomic mass is 32.1. The highest BCUT2D eigenvalue weighted by Gasteiger charge is 2.18. The van der Waals surface area contributed by atoms with Gasteiger partial charge in [-0.25, -0.2) is 4.79 Å². The molecule has 2 aromatic rings. The van der Waals surface area contributed by atoms with Gasteiger partial charge in [-0.3, -0.25) is 0 Å². The molecule has 0 saturated carbocycles. The Morgan fingerprint density at radius 3 is 2.63 bits per heavy atom. The Bertz CT molecular complexity index is 510. The number of thiophene rings is 1. The van der Waals surface area contributed by atoms with Crippen LogP contribution in [0.3, 0.4) is 0 Å². The smallest absolute Gasteiger partial charge is 0.410 e. The zero-order chi connectivity index (χ0) is 13.7. The second-order valence-corrected chi connectivity index (χ2v) is 5.46. The quantitative estimate of drug-likeness (QED) is 0.849. The molecule has 0 bridgehead atoms. The SMILES string of the molecule is CC(Cc1cccs1)N(C)C(=O)Oc1ccccc1. The van der Waals surface area contributed by atoms with Gasteiger partial charge in [0.25, 0.3) is 0 Å². The molecule has 0 saturated heterocycles. The summed E-state index contributed by atoms with van der Waals surface area (Å²) in [4.78, 5) is 14.9. The molecule has 1 heterocycles. The number of nitrogens with zero attached hydrogens (tertiary/aromatic N) is 1. The van der Waals surface area contributed by atoms with E-state index in [1.807, 2.05) is 36.6 Å². The fourth-order valence-corrected chi connectivity index (χ4v) is 2.52. The monoisotopic (exact) mass is 275 g/mol. The van der Waals surface area contributed by atoms with Crippen LogP contribution in [-0.2, 0) is 6.42 Å². The van der Waals surface area contributed by atoms with Gasteiger partial charge in [0.15, 0.2) is 0 Å². The van der Waals surface area contributed by atoms with Crippen LogP contribution in [-0.4, -0.2) is 24.1 Å². The van der Waals surface area contributed by atoms with Crippen molar-refractivity contribution >= 4 is 17.4 Å². The first kappa shape index (κ1) is 13.6. The summed E-state index contributed by atoms with van der Waals surface area (Å²) in [6.07, 6.45) is 0.521. The minimum Gasteiger partial charge on any atom is -0.410 e. The van der Waals surface area contributed by atoms with Crippen LogP contribution < -0.4 is 4.74 Å². The van der Waals surface area contributed by atoms with Crippen molar-refractivity contribution in [2.24, 2.45) is 0 Å². The summed E-state index contributed by atoms with van der Waals surface area (Å²) in [7, 11) is 1.77. The summed E-state index contributed by atoms with van der Waals surface area (Å²) in [5.74, 6) is 0.572. The summed E-state index contributed by atoms with van der Waals surface area (Å²) in [5, 5.41) is 2.05. The summed E-state index contributed by atoms with van der Waals surface area (Å²) in [6.45, 7) is 2.02. The number of hydrogen-bond acceptors (Lipinski definition) is 3. The Kier molecular flexibility index (Phi) is 4.58. The van der Waals surface area contributed by atoms with E-state index in [-0.39, 0.29) is 12.1 Å².